The molecule has 0 saturated carbocycles. The molecule has 0 aliphatic carbocycles. The van der Waals surface area contributed by atoms with Crippen LogP contribution in [0.1, 0.15) is 36.5 Å². The van der Waals surface area contributed by atoms with Crippen molar-refractivity contribution in [2.75, 3.05) is 0 Å². The van der Waals surface area contributed by atoms with Gasteiger partial charge in [-0.3, -0.25) is 4.79 Å². The normalized spacial score (nSPS) is 11.3. The molecule has 3 heteroatoms. The third-order valence-corrected chi connectivity index (χ3v) is 4.21. The van der Waals surface area contributed by atoms with E-state index in [0.717, 1.165) is 23.0 Å². The van der Waals surface area contributed by atoms with Crippen LogP contribution in [0.2, 0.25) is 0 Å². The van der Waals surface area contributed by atoms with Gasteiger partial charge in [0, 0.05) is 23.6 Å². The Bertz CT molecular complexity index is 828. The molecule has 0 saturated heterocycles. The third kappa shape index (κ3) is 3.29. The Kier molecular flexibility index (Phi) is 4.20. The van der Waals surface area contributed by atoms with Gasteiger partial charge in [-0.15, -0.1) is 0 Å². The molecule has 23 heavy (non-hydrogen) atoms. The van der Waals surface area contributed by atoms with Crippen LogP contribution in [-0.4, -0.2) is 15.6 Å². The monoisotopic (exact) mass is 307 g/mol. The molecule has 2 aromatic carbocycles. The fraction of sp³-hybridized carbons (Fsp3) is 0.250. The fourth-order valence-electron chi connectivity index (χ4n) is 2.96. The third-order valence-electron chi connectivity index (χ3n) is 4.21. The van der Waals surface area contributed by atoms with Crippen LogP contribution in [0.3, 0.4) is 0 Å². The van der Waals surface area contributed by atoms with Crippen LogP contribution in [0, 0.1) is 0 Å². The quantitative estimate of drug-likeness (QED) is 0.757. The van der Waals surface area contributed by atoms with E-state index in [-0.39, 0.29) is 6.42 Å². The maximum atomic E-state index is 11.1. The van der Waals surface area contributed by atoms with Gasteiger partial charge >= 0.3 is 5.97 Å². The van der Waals surface area contributed by atoms with Crippen LogP contribution in [-0.2, 0) is 17.8 Å². The summed E-state index contributed by atoms with van der Waals surface area (Å²) < 4.78 is 2.14. The summed E-state index contributed by atoms with van der Waals surface area (Å²) in [6.45, 7) is 5.12. The van der Waals surface area contributed by atoms with Crippen molar-refractivity contribution in [2.45, 2.75) is 32.7 Å². The van der Waals surface area contributed by atoms with Crippen molar-refractivity contribution in [2.24, 2.45) is 0 Å². The van der Waals surface area contributed by atoms with Gasteiger partial charge in [-0.05, 0) is 28.7 Å². The molecule has 0 spiro atoms. The molecule has 0 aliphatic rings. The summed E-state index contributed by atoms with van der Waals surface area (Å²) >= 11 is 0. The number of hydrogen-bond donors (Lipinski definition) is 1. The zero-order valence-corrected chi connectivity index (χ0v) is 13.5. The van der Waals surface area contributed by atoms with Gasteiger partial charge in [0.25, 0.3) is 0 Å². The summed E-state index contributed by atoms with van der Waals surface area (Å²) in [6.07, 6.45) is 2.02. The number of para-hydroxylation sites is 1. The van der Waals surface area contributed by atoms with Crippen LogP contribution in [0.4, 0.5) is 0 Å². The summed E-state index contributed by atoms with van der Waals surface area (Å²) in [6, 6.07) is 16.6. The van der Waals surface area contributed by atoms with E-state index in [1.807, 2.05) is 30.5 Å². The number of fused-ring (bicyclic) bond motifs is 1. The number of rotatable bonds is 5. The van der Waals surface area contributed by atoms with E-state index in [0.29, 0.717) is 5.92 Å². The van der Waals surface area contributed by atoms with Gasteiger partial charge in [-0.25, -0.2) is 0 Å². The lowest BCUT2D eigenvalue weighted by Crippen LogP contribution is -2.00. The molecular formula is C20H21NO2. The van der Waals surface area contributed by atoms with E-state index in [4.69, 9.17) is 5.11 Å². The first-order valence-corrected chi connectivity index (χ1v) is 7.92. The minimum atomic E-state index is -0.797. The van der Waals surface area contributed by atoms with Gasteiger partial charge in [0.05, 0.1) is 6.42 Å². The number of nitrogens with zero attached hydrogens (tertiary/aromatic N) is 1. The molecule has 0 unspecified atom stereocenters. The second kappa shape index (κ2) is 6.29. The molecule has 1 heterocycles. The highest BCUT2D eigenvalue weighted by molar-refractivity contribution is 5.87. The van der Waals surface area contributed by atoms with E-state index in [1.165, 1.54) is 11.1 Å². The molecule has 3 rings (SSSR count). The average Bonchev–Trinajstić information content (AvgIpc) is 2.85. The van der Waals surface area contributed by atoms with Crippen molar-refractivity contribution >= 4 is 16.9 Å². The smallest absolute Gasteiger partial charge is 0.307 e. The van der Waals surface area contributed by atoms with Crippen LogP contribution >= 0.6 is 0 Å². The SMILES string of the molecule is CC(C)c1ccc(Cn2cc(CC(=O)O)c3ccccc32)cc1. The van der Waals surface area contributed by atoms with Crippen molar-refractivity contribution in [3.63, 3.8) is 0 Å². The molecule has 1 aromatic heterocycles. The zero-order chi connectivity index (χ0) is 16.4. The second-order valence-corrected chi connectivity index (χ2v) is 6.27. The number of hydrogen-bond acceptors (Lipinski definition) is 1. The topological polar surface area (TPSA) is 42.2 Å². The molecule has 1 N–H and O–H groups in total. The molecule has 0 radical (unpaired) electrons. The van der Waals surface area contributed by atoms with Crippen molar-refractivity contribution in [3.05, 3.63) is 71.4 Å². The number of carboxylic acids is 1. The van der Waals surface area contributed by atoms with Gasteiger partial charge < -0.3 is 9.67 Å². The fourth-order valence-corrected chi connectivity index (χ4v) is 2.96. The minimum Gasteiger partial charge on any atom is -0.481 e. The molecule has 3 aromatic rings. The van der Waals surface area contributed by atoms with E-state index in [2.05, 4.69) is 42.7 Å². The predicted octanol–water partition coefficient (Wildman–Crippen LogP) is 4.44. The van der Waals surface area contributed by atoms with Crippen molar-refractivity contribution in [3.8, 4) is 0 Å². The lowest BCUT2D eigenvalue weighted by atomic mass is 10.0. The summed E-state index contributed by atoms with van der Waals surface area (Å²) in [5.41, 5.74) is 4.50. The Morgan fingerprint density at radius 2 is 1.78 bits per heavy atom. The standard InChI is InChI=1S/C20H21NO2/c1-14(2)16-9-7-15(8-10-16)12-21-13-17(11-20(22)23)18-5-3-4-6-19(18)21/h3-10,13-14H,11-12H2,1-2H3,(H,22,23). The Balaban J connectivity index is 1.94. The van der Waals surface area contributed by atoms with Crippen LogP contribution in [0.25, 0.3) is 10.9 Å². The summed E-state index contributed by atoms with van der Waals surface area (Å²) in [7, 11) is 0. The van der Waals surface area contributed by atoms with Crippen LogP contribution in [0.15, 0.2) is 54.7 Å². The van der Waals surface area contributed by atoms with Crippen LogP contribution in [0.5, 0.6) is 0 Å². The number of carboxylic acid groups (broad SMARTS) is 1. The second-order valence-electron chi connectivity index (χ2n) is 6.27. The predicted molar refractivity (Wildman–Crippen MR) is 92.9 cm³/mol. The van der Waals surface area contributed by atoms with Gasteiger partial charge in [-0.2, -0.15) is 0 Å². The Hall–Kier alpha value is -2.55. The largest absolute Gasteiger partial charge is 0.481 e. The van der Waals surface area contributed by atoms with Gasteiger partial charge in [0.15, 0.2) is 0 Å². The lowest BCUT2D eigenvalue weighted by Gasteiger charge is -2.09. The molecule has 0 fully saturated rings. The van der Waals surface area contributed by atoms with Crippen molar-refractivity contribution in [1.29, 1.82) is 0 Å². The number of benzene rings is 2. The molecule has 3 nitrogen and oxygen atoms in total. The van der Waals surface area contributed by atoms with E-state index >= 15 is 0 Å². The highest BCUT2D eigenvalue weighted by Gasteiger charge is 2.11. The molecule has 0 atom stereocenters. The van der Waals surface area contributed by atoms with Gasteiger partial charge in [-0.1, -0.05) is 56.3 Å². The van der Waals surface area contributed by atoms with E-state index < -0.39 is 5.97 Å². The van der Waals surface area contributed by atoms with Crippen molar-refractivity contribution < 1.29 is 9.90 Å². The number of aromatic nitrogens is 1. The first-order chi connectivity index (χ1) is 11.0. The molecule has 118 valence electrons. The summed E-state index contributed by atoms with van der Waals surface area (Å²) in [4.78, 5) is 11.1. The zero-order valence-electron chi connectivity index (χ0n) is 13.5. The molecular weight excluding hydrogens is 286 g/mol. The summed E-state index contributed by atoms with van der Waals surface area (Å²) in [5, 5.41) is 10.1. The number of carbonyl (C=O) groups is 1. The van der Waals surface area contributed by atoms with Gasteiger partial charge in [0.1, 0.15) is 0 Å². The molecule has 0 bridgehead atoms. The maximum Gasteiger partial charge on any atom is 0.307 e. The summed E-state index contributed by atoms with van der Waals surface area (Å²) in [5.74, 6) is -0.271. The van der Waals surface area contributed by atoms with Gasteiger partial charge in [0.2, 0.25) is 0 Å². The Labute approximate surface area is 136 Å². The maximum absolute atomic E-state index is 11.1. The highest BCUT2D eigenvalue weighted by Crippen LogP contribution is 2.23. The molecule has 0 amide bonds. The Morgan fingerprint density at radius 1 is 1.09 bits per heavy atom. The van der Waals surface area contributed by atoms with E-state index in [9.17, 15) is 4.79 Å². The van der Waals surface area contributed by atoms with E-state index in [1.54, 1.807) is 0 Å². The first kappa shape index (κ1) is 15.3. The lowest BCUT2D eigenvalue weighted by molar-refractivity contribution is -0.136. The number of aliphatic carboxylic acids is 1. The van der Waals surface area contributed by atoms with Crippen LogP contribution < -0.4 is 0 Å². The van der Waals surface area contributed by atoms with Crippen molar-refractivity contribution in [1.82, 2.24) is 4.57 Å². The average molecular weight is 307 g/mol. The molecule has 0 aliphatic heterocycles. The highest BCUT2D eigenvalue weighted by atomic mass is 16.4. The minimum absolute atomic E-state index is 0.0554. The Morgan fingerprint density at radius 3 is 2.43 bits per heavy atom. The first-order valence-electron chi connectivity index (χ1n) is 7.92.